The van der Waals surface area contributed by atoms with Gasteiger partial charge in [0, 0.05) is 11.6 Å². The van der Waals surface area contributed by atoms with E-state index in [9.17, 15) is 9.59 Å². The van der Waals surface area contributed by atoms with Gasteiger partial charge in [-0.15, -0.1) is 0 Å². The van der Waals surface area contributed by atoms with E-state index < -0.39 is 5.97 Å². The fourth-order valence-electron chi connectivity index (χ4n) is 1.85. The van der Waals surface area contributed by atoms with Crippen molar-refractivity contribution in [3.05, 3.63) is 34.9 Å². The van der Waals surface area contributed by atoms with Crippen molar-refractivity contribution in [2.75, 3.05) is 13.1 Å². The number of halogens is 1. The van der Waals surface area contributed by atoms with Crippen molar-refractivity contribution in [2.45, 2.75) is 6.04 Å². The highest BCUT2D eigenvalue weighted by atomic mass is 35.5. The molecule has 1 fully saturated rings. The third-order valence-electron chi connectivity index (χ3n) is 2.64. The van der Waals surface area contributed by atoms with Crippen LogP contribution in [0.1, 0.15) is 11.6 Å². The van der Waals surface area contributed by atoms with E-state index in [1.807, 2.05) is 0 Å². The standard InChI is InChI=1S/C11H11ClN2O3/c12-8-3-1-7(2-4-8)9-5-13-11(17)14(9)6-10(15)16/h1-4,9H,5-6H2,(H,13,17)(H,15,16). The summed E-state index contributed by atoms with van der Waals surface area (Å²) in [7, 11) is 0. The van der Waals surface area contributed by atoms with Gasteiger partial charge in [0.1, 0.15) is 6.54 Å². The molecule has 0 spiro atoms. The highest BCUT2D eigenvalue weighted by Gasteiger charge is 2.32. The Labute approximate surface area is 103 Å². The van der Waals surface area contributed by atoms with E-state index in [0.29, 0.717) is 11.6 Å². The number of benzene rings is 1. The highest BCUT2D eigenvalue weighted by Crippen LogP contribution is 2.25. The zero-order chi connectivity index (χ0) is 12.4. The molecule has 0 saturated carbocycles. The molecule has 1 aromatic rings. The molecule has 0 bridgehead atoms. The SMILES string of the molecule is O=C(O)CN1C(=O)NCC1c1ccc(Cl)cc1. The minimum atomic E-state index is -1.03. The van der Waals surface area contributed by atoms with Crippen LogP contribution in [0.5, 0.6) is 0 Å². The Morgan fingerprint density at radius 1 is 1.47 bits per heavy atom. The first-order chi connectivity index (χ1) is 8.08. The predicted octanol–water partition coefficient (Wildman–Crippen LogP) is 1.49. The molecule has 0 aliphatic carbocycles. The fraction of sp³-hybridized carbons (Fsp3) is 0.273. The molecule has 1 aromatic carbocycles. The second-order valence-corrected chi connectivity index (χ2v) is 4.21. The summed E-state index contributed by atoms with van der Waals surface area (Å²) in [5, 5.41) is 12.0. The first-order valence-corrected chi connectivity index (χ1v) is 5.47. The maximum absolute atomic E-state index is 11.5. The molecule has 1 unspecified atom stereocenters. The number of carboxylic acids is 1. The monoisotopic (exact) mass is 254 g/mol. The maximum Gasteiger partial charge on any atom is 0.323 e. The third kappa shape index (κ3) is 2.50. The molecule has 90 valence electrons. The summed E-state index contributed by atoms with van der Waals surface area (Å²) in [6, 6.07) is 6.42. The fourth-order valence-corrected chi connectivity index (χ4v) is 1.97. The van der Waals surface area contributed by atoms with Crippen molar-refractivity contribution in [2.24, 2.45) is 0 Å². The molecule has 2 N–H and O–H groups in total. The van der Waals surface area contributed by atoms with Gasteiger partial charge in [0.25, 0.3) is 0 Å². The molecule has 1 heterocycles. The van der Waals surface area contributed by atoms with Gasteiger partial charge >= 0.3 is 12.0 Å². The third-order valence-corrected chi connectivity index (χ3v) is 2.90. The summed E-state index contributed by atoms with van der Waals surface area (Å²) in [5.41, 5.74) is 0.869. The van der Waals surface area contributed by atoms with Gasteiger partial charge in [0.05, 0.1) is 6.04 Å². The Morgan fingerprint density at radius 3 is 2.71 bits per heavy atom. The Bertz CT molecular complexity index is 447. The van der Waals surface area contributed by atoms with E-state index in [1.165, 1.54) is 4.90 Å². The number of hydrogen-bond acceptors (Lipinski definition) is 2. The summed E-state index contributed by atoms with van der Waals surface area (Å²) in [6.07, 6.45) is 0. The first-order valence-electron chi connectivity index (χ1n) is 5.09. The minimum Gasteiger partial charge on any atom is -0.480 e. The Hall–Kier alpha value is -1.75. The molecule has 2 amide bonds. The summed E-state index contributed by atoms with van der Waals surface area (Å²) >= 11 is 5.78. The van der Waals surface area contributed by atoms with E-state index in [4.69, 9.17) is 16.7 Å². The van der Waals surface area contributed by atoms with Gasteiger partial charge < -0.3 is 15.3 Å². The number of amides is 2. The zero-order valence-corrected chi connectivity index (χ0v) is 9.65. The van der Waals surface area contributed by atoms with Crippen LogP contribution in [0.25, 0.3) is 0 Å². The number of carboxylic acid groups (broad SMARTS) is 1. The van der Waals surface area contributed by atoms with Crippen molar-refractivity contribution < 1.29 is 14.7 Å². The van der Waals surface area contributed by atoms with Gasteiger partial charge in [-0.2, -0.15) is 0 Å². The van der Waals surface area contributed by atoms with Crippen LogP contribution in [-0.2, 0) is 4.79 Å². The summed E-state index contributed by atoms with van der Waals surface area (Å²) in [4.78, 5) is 23.5. The number of carbonyl (C=O) groups is 2. The molecule has 2 rings (SSSR count). The van der Waals surface area contributed by atoms with E-state index in [2.05, 4.69) is 5.32 Å². The van der Waals surface area contributed by atoms with Crippen LogP contribution >= 0.6 is 11.6 Å². The molecule has 1 atom stereocenters. The van der Waals surface area contributed by atoms with Crippen LogP contribution in [0.4, 0.5) is 4.79 Å². The largest absolute Gasteiger partial charge is 0.480 e. The van der Waals surface area contributed by atoms with Crippen LogP contribution in [0.3, 0.4) is 0 Å². The molecule has 1 saturated heterocycles. The van der Waals surface area contributed by atoms with Crippen LogP contribution in [0, 0.1) is 0 Å². The molecule has 1 aliphatic rings. The van der Waals surface area contributed by atoms with E-state index in [-0.39, 0.29) is 18.6 Å². The Kier molecular flexibility index (Phi) is 3.19. The molecule has 17 heavy (non-hydrogen) atoms. The van der Waals surface area contributed by atoms with Gasteiger partial charge in [-0.05, 0) is 17.7 Å². The van der Waals surface area contributed by atoms with Crippen molar-refractivity contribution >= 4 is 23.6 Å². The molecule has 0 aromatic heterocycles. The lowest BCUT2D eigenvalue weighted by atomic mass is 10.1. The Morgan fingerprint density at radius 2 is 2.12 bits per heavy atom. The van der Waals surface area contributed by atoms with E-state index in [0.717, 1.165) is 5.56 Å². The van der Waals surface area contributed by atoms with Gasteiger partial charge in [0.15, 0.2) is 0 Å². The molecule has 0 radical (unpaired) electrons. The smallest absolute Gasteiger partial charge is 0.323 e. The average Bonchev–Trinajstić information content (AvgIpc) is 2.61. The van der Waals surface area contributed by atoms with Crippen molar-refractivity contribution in [1.29, 1.82) is 0 Å². The summed E-state index contributed by atoms with van der Waals surface area (Å²) in [6.45, 7) is 0.104. The van der Waals surface area contributed by atoms with E-state index >= 15 is 0 Å². The van der Waals surface area contributed by atoms with Crippen LogP contribution in [0.2, 0.25) is 5.02 Å². The zero-order valence-electron chi connectivity index (χ0n) is 8.89. The second-order valence-electron chi connectivity index (χ2n) is 3.78. The number of carbonyl (C=O) groups excluding carboxylic acids is 1. The highest BCUT2D eigenvalue weighted by molar-refractivity contribution is 6.30. The number of rotatable bonds is 3. The van der Waals surface area contributed by atoms with Gasteiger partial charge in [-0.25, -0.2) is 4.79 Å². The normalized spacial score (nSPS) is 19.2. The number of urea groups is 1. The molecule has 5 nitrogen and oxygen atoms in total. The van der Waals surface area contributed by atoms with Crippen molar-refractivity contribution in [3.8, 4) is 0 Å². The number of nitrogens with one attached hydrogen (secondary N) is 1. The van der Waals surface area contributed by atoms with E-state index in [1.54, 1.807) is 24.3 Å². The summed E-state index contributed by atoms with van der Waals surface area (Å²) in [5.74, 6) is -1.03. The number of aliphatic carboxylic acids is 1. The molecular weight excluding hydrogens is 244 g/mol. The first kappa shape index (κ1) is 11.7. The number of nitrogens with zero attached hydrogens (tertiary/aromatic N) is 1. The quantitative estimate of drug-likeness (QED) is 0.859. The van der Waals surface area contributed by atoms with Crippen molar-refractivity contribution in [3.63, 3.8) is 0 Å². The van der Waals surface area contributed by atoms with Crippen LogP contribution < -0.4 is 5.32 Å². The number of hydrogen-bond donors (Lipinski definition) is 2. The van der Waals surface area contributed by atoms with Gasteiger partial charge in [-0.3, -0.25) is 4.79 Å². The predicted molar refractivity (Wildman–Crippen MR) is 61.9 cm³/mol. The van der Waals surface area contributed by atoms with Gasteiger partial charge in [0.2, 0.25) is 0 Å². The summed E-state index contributed by atoms with van der Waals surface area (Å²) < 4.78 is 0. The van der Waals surface area contributed by atoms with Gasteiger partial charge in [-0.1, -0.05) is 23.7 Å². The van der Waals surface area contributed by atoms with Crippen molar-refractivity contribution in [1.82, 2.24) is 10.2 Å². The second kappa shape index (κ2) is 4.63. The topological polar surface area (TPSA) is 69.6 Å². The average molecular weight is 255 g/mol. The van der Waals surface area contributed by atoms with Crippen LogP contribution in [-0.4, -0.2) is 35.1 Å². The lowest BCUT2D eigenvalue weighted by molar-refractivity contribution is -0.137. The molecular formula is C11H11ClN2O3. The molecule has 1 aliphatic heterocycles. The molecule has 6 heteroatoms. The van der Waals surface area contributed by atoms with Crippen LogP contribution in [0.15, 0.2) is 24.3 Å². The maximum atomic E-state index is 11.5. The Balaban J connectivity index is 2.22. The lowest BCUT2D eigenvalue weighted by Crippen LogP contribution is -2.34. The minimum absolute atomic E-state index is 0.254. The lowest BCUT2D eigenvalue weighted by Gasteiger charge is -2.21.